The first-order chi connectivity index (χ1) is 4.86. The van der Waals surface area contributed by atoms with Gasteiger partial charge in [-0.3, -0.25) is 4.57 Å². The van der Waals surface area contributed by atoms with E-state index in [0.29, 0.717) is 0 Å². The topological polar surface area (TPSA) is 9.34 Å². The first kappa shape index (κ1) is 8.44. The van der Waals surface area contributed by atoms with Crippen LogP contribution in [0.1, 0.15) is 0 Å². The number of nitrogens with zero attached hydrogens (tertiary/aromatic N) is 2. The molecule has 0 unspecified atom stereocenters. The molecule has 0 aliphatic heterocycles. The summed E-state index contributed by atoms with van der Waals surface area (Å²) in [5.74, 6) is 0. The van der Waals surface area contributed by atoms with Crippen molar-refractivity contribution in [1.82, 2.24) is 8.97 Å². The number of hydrogen-bond donors (Lipinski definition) is 0. The van der Waals surface area contributed by atoms with Gasteiger partial charge in [-0.25, -0.2) is 0 Å². The van der Waals surface area contributed by atoms with E-state index >= 15 is 0 Å². The molecule has 59 valence electrons. The Bertz CT molecular complexity index is 321. The van der Waals surface area contributed by atoms with Crippen molar-refractivity contribution in [2.45, 2.75) is 0 Å². The van der Waals surface area contributed by atoms with Gasteiger partial charge in [0.1, 0.15) is 6.20 Å². The molecule has 0 saturated carbocycles. The predicted molar refractivity (Wildman–Crippen MR) is 40.8 cm³/mol. The third-order valence-corrected chi connectivity index (χ3v) is 1.57. The number of imidazole rings is 1. The monoisotopic (exact) mass is 326 g/mol. The summed E-state index contributed by atoms with van der Waals surface area (Å²) in [5, 5.41) is 0. The molecule has 1 radical (unpaired) electrons. The van der Waals surface area contributed by atoms with Crippen molar-refractivity contribution >= 4 is 5.52 Å². The summed E-state index contributed by atoms with van der Waals surface area (Å²) >= 11 is 0. The zero-order valence-corrected chi connectivity index (χ0v) is 8.59. The summed E-state index contributed by atoms with van der Waals surface area (Å²) in [4.78, 5) is 0. The number of aryl methyl sites for hydroxylation is 1. The van der Waals surface area contributed by atoms with Crippen LogP contribution in [0.2, 0.25) is 0 Å². The molecule has 0 bridgehead atoms. The van der Waals surface area contributed by atoms with Gasteiger partial charge in [-0.15, -0.1) is 0 Å². The smallest absolute Gasteiger partial charge is 0.182 e. The van der Waals surface area contributed by atoms with Crippen LogP contribution >= 0.6 is 0 Å². The summed E-state index contributed by atoms with van der Waals surface area (Å²) in [6.45, 7) is 0. The Labute approximate surface area is 78.8 Å². The average Bonchev–Trinajstić information content (AvgIpc) is 2.27. The number of aromatic nitrogens is 2. The van der Waals surface area contributed by atoms with Gasteiger partial charge in [0.2, 0.25) is 0 Å². The fraction of sp³-hybridized carbons (Fsp3) is 0.125. The minimum absolute atomic E-state index is 0. The third-order valence-electron chi connectivity index (χ3n) is 1.57. The summed E-state index contributed by atoms with van der Waals surface area (Å²) in [5.41, 5.74) is 1.23. The number of pyridine rings is 1. The van der Waals surface area contributed by atoms with E-state index in [9.17, 15) is 0 Å². The molecule has 2 nitrogen and oxygen atoms in total. The third kappa shape index (κ3) is 1.50. The van der Waals surface area contributed by atoms with Crippen molar-refractivity contribution in [2.75, 3.05) is 0 Å². The summed E-state index contributed by atoms with van der Waals surface area (Å²) in [6.07, 6.45) is 6.16. The van der Waals surface area contributed by atoms with Gasteiger partial charge in [-0.1, -0.05) is 0 Å². The Kier molecular flexibility index (Phi) is 2.42. The molecule has 0 aliphatic rings. The summed E-state index contributed by atoms with van der Waals surface area (Å²) < 4.78 is 4.12. The Morgan fingerprint density at radius 2 is 2.18 bits per heavy atom. The number of fused-ring (bicyclic) bond motifs is 1. The van der Waals surface area contributed by atoms with Crippen LogP contribution in [0.25, 0.3) is 5.52 Å². The molecule has 2 rings (SSSR count). The van der Waals surface area contributed by atoms with Crippen LogP contribution in [0, 0.1) is 0 Å². The molecule has 2 aromatic heterocycles. The molecule has 0 fully saturated rings. The maximum atomic E-state index is 2.08. The average molecular weight is 325 g/mol. The molecular weight excluding hydrogens is 316 g/mol. The quantitative estimate of drug-likeness (QED) is 0.650. The molecule has 0 N–H and O–H groups in total. The molecule has 0 spiro atoms. The second-order valence-corrected chi connectivity index (χ2v) is 2.44. The van der Waals surface area contributed by atoms with E-state index in [1.165, 1.54) is 5.52 Å². The van der Waals surface area contributed by atoms with E-state index in [0.717, 1.165) is 0 Å². The molecule has 0 atom stereocenters. The maximum Gasteiger partial charge on any atom is 0.182 e. The Hall–Kier alpha value is -0.661. The Balaban J connectivity index is 0.000000605. The van der Waals surface area contributed by atoms with Gasteiger partial charge in [-0.2, -0.15) is 4.40 Å². The molecule has 0 saturated heterocycles. The van der Waals surface area contributed by atoms with Crippen LogP contribution in [0.15, 0.2) is 36.9 Å². The Morgan fingerprint density at radius 1 is 1.36 bits per heavy atom. The van der Waals surface area contributed by atoms with Crippen LogP contribution in [-0.4, -0.2) is 8.97 Å². The van der Waals surface area contributed by atoms with Gasteiger partial charge in [0.05, 0.1) is 6.20 Å². The van der Waals surface area contributed by atoms with Crippen LogP contribution in [-0.2, 0) is 27.2 Å². The normalized spacial score (nSPS) is 9.55. The fourth-order valence-corrected chi connectivity index (χ4v) is 1.12. The van der Waals surface area contributed by atoms with Gasteiger partial charge < -0.3 is 0 Å². The minimum Gasteiger partial charge on any atom is -0.254 e. The molecule has 0 aliphatic carbocycles. The molecule has 2 aromatic rings. The number of hydrogen-bond acceptors (Lipinski definition) is 0. The van der Waals surface area contributed by atoms with Gasteiger partial charge in [-0.05, 0) is 12.1 Å². The molecule has 0 aromatic carbocycles. The van der Waals surface area contributed by atoms with E-state index in [2.05, 4.69) is 16.7 Å². The van der Waals surface area contributed by atoms with Crippen molar-refractivity contribution in [3.8, 4) is 0 Å². The van der Waals surface area contributed by atoms with E-state index in [1.807, 2.05) is 36.3 Å². The zero-order valence-electron chi connectivity index (χ0n) is 6.19. The summed E-state index contributed by atoms with van der Waals surface area (Å²) in [7, 11) is 2.02. The molecule has 11 heavy (non-hydrogen) atoms. The SMILES string of the molecule is Cn1cc2ccccn2[cH+]1.[Ir]. The van der Waals surface area contributed by atoms with E-state index < -0.39 is 0 Å². The largest absolute Gasteiger partial charge is 0.254 e. The number of rotatable bonds is 0. The van der Waals surface area contributed by atoms with Gasteiger partial charge >= 0.3 is 0 Å². The van der Waals surface area contributed by atoms with Crippen molar-refractivity contribution in [3.05, 3.63) is 36.9 Å². The van der Waals surface area contributed by atoms with E-state index in [-0.39, 0.29) is 20.1 Å². The first-order valence-electron chi connectivity index (χ1n) is 3.28. The predicted octanol–water partition coefficient (Wildman–Crippen LogP) is 1.56. The maximum absolute atomic E-state index is 2.08. The van der Waals surface area contributed by atoms with Gasteiger partial charge in [0, 0.05) is 33.2 Å². The fourth-order valence-electron chi connectivity index (χ4n) is 1.12. The minimum atomic E-state index is 0. The summed E-state index contributed by atoms with van der Waals surface area (Å²) in [6, 6.07) is 6.14. The standard InChI is InChI=1S/C8H9N2.Ir/c1-9-6-8-4-2-3-5-10(8)7-9;/h2-7H,1H3;/q+1;. The van der Waals surface area contributed by atoms with Gasteiger partial charge in [0.15, 0.2) is 11.8 Å². The first-order valence-corrected chi connectivity index (χ1v) is 3.28. The zero-order chi connectivity index (χ0) is 6.97. The van der Waals surface area contributed by atoms with E-state index in [1.54, 1.807) is 0 Å². The van der Waals surface area contributed by atoms with Crippen LogP contribution in [0.5, 0.6) is 0 Å². The van der Waals surface area contributed by atoms with Crippen LogP contribution in [0.4, 0.5) is 0 Å². The van der Waals surface area contributed by atoms with Crippen LogP contribution < -0.4 is 0 Å². The second-order valence-electron chi connectivity index (χ2n) is 2.44. The van der Waals surface area contributed by atoms with Crippen LogP contribution in [0.3, 0.4) is 0 Å². The molecular formula is C8H9IrN2+. The van der Waals surface area contributed by atoms with Crippen molar-refractivity contribution in [3.63, 3.8) is 0 Å². The van der Waals surface area contributed by atoms with Crippen molar-refractivity contribution < 1.29 is 20.1 Å². The molecule has 3 heteroatoms. The van der Waals surface area contributed by atoms with Crippen molar-refractivity contribution in [1.29, 1.82) is 0 Å². The Morgan fingerprint density at radius 3 is 2.91 bits per heavy atom. The van der Waals surface area contributed by atoms with Gasteiger partial charge in [0.25, 0.3) is 0 Å². The van der Waals surface area contributed by atoms with E-state index in [4.69, 9.17) is 0 Å². The molecule has 0 amide bonds. The molecule has 2 heterocycles. The van der Waals surface area contributed by atoms with Crippen molar-refractivity contribution in [2.24, 2.45) is 7.05 Å². The second kappa shape index (κ2) is 3.16.